The lowest BCUT2D eigenvalue weighted by molar-refractivity contribution is 0.0906. The van der Waals surface area contributed by atoms with Crippen LogP contribution in [0.2, 0.25) is 0 Å². The molecule has 1 unspecified atom stereocenters. The number of aliphatic hydroxyl groups is 1. The van der Waals surface area contributed by atoms with E-state index in [0.717, 1.165) is 25.1 Å². The first kappa shape index (κ1) is 16.3. The fourth-order valence-electron chi connectivity index (χ4n) is 2.65. The maximum Gasteiger partial charge on any atom is 0.130 e. The van der Waals surface area contributed by atoms with Gasteiger partial charge in [0.05, 0.1) is 6.10 Å². The number of likely N-dealkylation sites (tertiary alicyclic amines) is 1. The van der Waals surface area contributed by atoms with Crippen molar-refractivity contribution in [2.75, 3.05) is 26.2 Å². The molecule has 2 rings (SSSR count). The first-order chi connectivity index (χ1) is 10.0. The van der Waals surface area contributed by atoms with Crippen molar-refractivity contribution >= 4 is 0 Å². The van der Waals surface area contributed by atoms with Gasteiger partial charge in [-0.25, -0.2) is 8.78 Å². The second-order valence-electron chi connectivity index (χ2n) is 6.00. The van der Waals surface area contributed by atoms with Crippen LogP contribution in [0.25, 0.3) is 0 Å². The van der Waals surface area contributed by atoms with Gasteiger partial charge in [0.1, 0.15) is 11.6 Å². The number of aliphatic hydroxyl groups excluding tert-OH is 1. The standard InChI is InChI=1S/C16H24F2N2O/c1-12-4-6-20(7-5-12)11-15(21)10-19-9-13-2-3-14(17)8-16(13)18/h2-3,8,12,15,19,21H,4-7,9-11H2,1H3. The SMILES string of the molecule is CC1CCN(CC(O)CNCc2ccc(F)cc2F)CC1. The predicted molar refractivity (Wildman–Crippen MR) is 78.9 cm³/mol. The van der Waals surface area contributed by atoms with Crippen LogP contribution in [-0.4, -0.2) is 42.3 Å². The number of halogens is 2. The number of nitrogens with one attached hydrogen (secondary N) is 1. The average Bonchev–Trinajstić information content (AvgIpc) is 2.44. The molecule has 0 amide bonds. The first-order valence-electron chi connectivity index (χ1n) is 7.59. The highest BCUT2D eigenvalue weighted by atomic mass is 19.1. The molecule has 2 N–H and O–H groups in total. The molecule has 1 aliphatic heterocycles. The first-order valence-corrected chi connectivity index (χ1v) is 7.59. The minimum atomic E-state index is -0.574. The molecular formula is C16H24F2N2O. The quantitative estimate of drug-likeness (QED) is 0.845. The van der Waals surface area contributed by atoms with Crippen molar-refractivity contribution in [3.05, 3.63) is 35.4 Å². The van der Waals surface area contributed by atoms with Crippen molar-refractivity contribution < 1.29 is 13.9 Å². The minimum Gasteiger partial charge on any atom is -0.390 e. The molecule has 0 bridgehead atoms. The highest BCUT2D eigenvalue weighted by Gasteiger charge is 2.18. The second kappa shape index (κ2) is 7.82. The average molecular weight is 298 g/mol. The van der Waals surface area contributed by atoms with Gasteiger partial charge in [-0.3, -0.25) is 0 Å². The zero-order valence-electron chi connectivity index (χ0n) is 12.5. The van der Waals surface area contributed by atoms with E-state index in [9.17, 15) is 13.9 Å². The topological polar surface area (TPSA) is 35.5 Å². The molecule has 1 aromatic rings. The Morgan fingerprint density at radius 1 is 1.33 bits per heavy atom. The van der Waals surface area contributed by atoms with Gasteiger partial charge < -0.3 is 15.3 Å². The van der Waals surface area contributed by atoms with Crippen LogP contribution < -0.4 is 5.32 Å². The van der Waals surface area contributed by atoms with Crippen molar-refractivity contribution in [2.24, 2.45) is 5.92 Å². The monoisotopic (exact) mass is 298 g/mol. The van der Waals surface area contributed by atoms with E-state index in [4.69, 9.17) is 0 Å². The van der Waals surface area contributed by atoms with E-state index in [1.165, 1.54) is 25.0 Å². The van der Waals surface area contributed by atoms with Crippen molar-refractivity contribution in [3.63, 3.8) is 0 Å². The molecule has 1 aliphatic rings. The molecule has 1 aromatic carbocycles. The summed E-state index contributed by atoms with van der Waals surface area (Å²) < 4.78 is 26.2. The fourth-order valence-corrected chi connectivity index (χ4v) is 2.65. The molecular weight excluding hydrogens is 274 g/mol. The summed E-state index contributed by atoms with van der Waals surface area (Å²) in [5.74, 6) is -0.351. The van der Waals surface area contributed by atoms with Crippen molar-refractivity contribution in [1.82, 2.24) is 10.2 Å². The molecule has 21 heavy (non-hydrogen) atoms. The van der Waals surface area contributed by atoms with Gasteiger partial charge in [0.15, 0.2) is 0 Å². The van der Waals surface area contributed by atoms with Gasteiger partial charge in [-0.15, -0.1) is 0 Å². The Morgan fingerprint density at radius 3 is 2.71 bits per heavy atom. The number of nitrogens with zero attached hydrogens (tertiary/aromatic N) is 1. The third-order valence-electron chi connectivity index (χ3n) is 4.06. The maximum absolute atomic E-state index is 13.4. The Balaban J connectivity index is 1.68. The molecule has 118 valence electrons. The third kappa shape index (κ3) is 5.34. The number of hydrogen-bond acceptors (Lipinski definition) is 3. The van der Waals surface area contributed by atoms with Crippen LogP contribution in [0, 0.1) is 17.6 Å². The molecule has 0 radical (unpaired) electrons. The number of β-amino-alcohol motifs (C(OH)–C–C–N with tert-alkyl or cyclic N) is 1. The Hall–Kier alpha value is -1.04. The summed E-state index contributed by atoms with van der Waals surface area (Å²) in [5, 5.41) is 13.0. The lowest BCUT2D eigenvalue weighted by atomic mass is 9.99. The van der Waals surface area contributed by atoms with Crippen molar-refractivity contribution in [1.29, 1.82) is 0 Å². The molecule has 1 heterocycles. The van der Waals surface area contributed by atoms with Gasteiger partial charge in [-0.2, -0.15) is 0 Å². The van der Waals surface area contributed by atoms with Gasteiger partial charge in [0, 0.05) is 31.3 Å². The van der Waals surface area contributed by atoms with Crippen molar-refractivity contribution in [2.45, 2.75) is 32.4 Å². The molecule has 0 aromatic heterocycles. The summed E-state index contributed by atoms with van der Waals surface area (Å²) in [6.07, 6.45) is 1.89. The van der Waals surface area contributed by atoms with Crippen LogP contribution >= 0.6 is 0 Å². The summed E-state index contributed by atoms with van der Waals surface area (Å²) >= 11 is 0. The van der Waals surface area contributed by atoms with Crippen LogP contribution in [0.3, 0.4) is 0 Å². The van der Waals surface area contributed by atoms with E-state index in [1.807, 2.05) is 0 Å². The molecule has 3 nitrogen and oxygen atoms in total. The van der Waals surface area contributed by atoms with E-state index >= 15 is 0 Å². The van der Waals surface area contributed by atoms with E-state index in [0.29, 0.717) is 25.2 Å². The highest BCUT2D eigenvalue weighted by Crippen LogP contribution is 2.16. The summed E-state index contributed by atoms with van der Waals surface area (Å²) in [5.41, 5.74) is 0.412. The predicted octanol–water partition coefficient (Wildman–Crippen LogP) is 2.15. The van der Waals surface area contributed by atoms with Crippen LogP contribution in [0.15, 0.2) is 18.2 Å². The number of rotatable bonds is 6. The Morgan fingerprint density at radius 2 is 2.05 bits per heavy atom. The van der Waals surface area contributed by atoms with Gasteiger partial charge in [-0.05, 0) is 37.9 Å². The van der Waals surface area contributed by atoms with Crippen molar-refractivity contribution in [3.8, 4) is 0 Å². The minimum absolute atomic E-state index is 0.292. The Bertz CT molecular complexity index is 448. The molecule has 0 aliphatic carbocycles. The van der Waals surface area contributed by atoms with E-state index in [1.54, 1.807) is 0 Å². The Kier molecular flexibility index (Phi) is 6.08. The molecule has 0 saturated carbocycles. The zero-order chi connectivity index (χ0) is 15.2. The van der Waals surface area contributed by atoms with Crippen LogP contribution in [0.4, 0.5) is 8.78 Å². The summed E-state index contributed by atoms with van der Waals surface area (Å²) in [6.45, 7) is 5.66. The second-order valence-corrected chi connectivity index (χ2v) is 6.00. The maximum atomic E-state index is 13.4. The number of piperidine rings is 1. The normalized spacial score (nSPS) is 18.9. The Labute approximate surface area is 125 Å². The molecule has 1 saturated heterocycles. The van der Waals surface area contributed by atoms with Crippen LogP contribution in [-0.2, 0) is 6.54 Å². The van der Waals surface area contributed by atoms with E-state index in [2.05, 4.69) is 17.1 Å². The van der Waals surface area contributed by atoms with E-state index < -0.39 is 17.7 Å². The van der Waals surface area contributed by atoms with Crippen LogP contribution in [0.1, 0.15) is 25.3 Å². The van der Waals surface area contributed by atoms with E-state index in [-0.39, 0.29) is 0 Å². The zero-order valence-corrected chi connectivity index (χ0v) is 12.5. The number of benzene rings is 1. The molecule has 1 atom stereocenters. The lowest BCUT2D eigenvalue weighted by Crippen LogP contribution is -2.41. The largest absolute Gasteiger partial charge is 0.390 e. The van der Waals surface area contributed by atoms with Gasteiger partial charge in [0.2, 0.25) is 0 Å². The van der Waals surface area contributed by atoms with Gasteiger partial charge in [-0.1, -0.05) is 13.0 Å². The van der Waals surface area contributed by atoms with Crippen LogP contribution in [0.5, 0.6) is 0 Å². The molecule has 0 spiro atoms. The summed E-state index contributed by atoms with van der Waals surface area (Å²) in [4.78, 5) is 2.27. The summed E-state index contributed by atoms with van der Waals surface area (Å²) in [6, 6.07) is 3.55. The highest BCUT2D eigenvalue weighted by molar-refractivity contribution is 5.18. The molecule has 1 fully saturated rings. The fraction of sp³-hybridized carbons (Fsp3) is 0.625. The van der Waals surface area contributed by atoms with Gasteiger partial charge in [0.25, 0.3) is 0 Å². The lowest BCUT2D eigenvalue weighted by Gasteiger charge is -2.31. The molecule has 5 heteroatoms. The number of hydrogen-bond donors (Lipinski definition) is 2. The van der Waals surface area contributed by atoms with Gasteiger partial charge >= 0.3 is 0 Å². The third-order valence-corrected chi connectivity index (χ3v) is 4.06. The summed E-state index contributed by atoms with van der Waals surface area (Å²) in [7, 11) is 0. The smallest absolute Gasteiger partial charge is 0.130 e.